The van der Waals surface area contributed by atoms with Crippen molar-refractivity contribution < 1.29 is 41.8 Å². The summed E-state index contributed by atoms with van der Waals surface area (Å²) in [4.78, 5) is 13.0. The maximum atomic E-state index is 13.7. The number of furan rings is 1. The van der Waals surface area contributed by atoms with Gasteiger partial charge in [-0.3, -0.25) is 14.7 Å². The van der Waals surface area contributed by atoms with Gasteiger partial charge < -0.3 is 32.4 Å². The van der Waals surface area contributed by atoms with Gasteiger partial charge in [0, 0.05) is 25.0 Å². The predicted octanol–water partition coefficient (Wildman–Crippen LogP) is 5.73. The molecule has 1 heterocycles. The van der Waals surface area contributed by atoms with Gasteiger partial charge in [-0.1, -0.05) is 36.4 Å². The lowest BCUT2D eigenvalue weighted by Crippen LogP contribution is -2.45. The zero-order valence-electron chi connectivity index (χ0n) is 24.1. The average molecular weight is 586 g/mol. The lowest BCUT2D eigenvalue weighted by atomic mass is 10.0. The normalized spacial score (nSPS) is 13.2. The molecule has 0 aliphatic heterocycles. The summed E-state index contributed by atoms with van der Waals surface area (Å²) in [5.74, 6) is 0.108. The van der Waals surface area contributed by atoms with Gasteiger partial charge in [-0.15, -0.1) is 0 Å². The SMILES string of the molecule is COC(=O)[C@H](Cc1ccc2c(c1)oc1ccccc12)N[C@@H](CCc1ccc(OC)c(OC)c1OC)P(=O)(OC)OC. The Morgan fingerprint density at radius 1 is 0.854 bits per heavy atom. The number of esters is 1. The maximum Gasteiger partial charge on any atom is 0.346 e. The van der Waals surface area contributed by atoms with Gasteiger partial charge in [-0.05, 0) is 48.6 Å². The molecule has 0 radical (unpaired) electrons. The van der Waals surface area contributed by atoms with Crippen LogP contribution in [0.3, 0.4) is 0 Å². The van der Waals surface area contributed by atoms with E-state index in [1.165, 1.54) is 35.5 Å². The standard InChI is InChI=1S/C30H36NO9P/c1-34-25-15-12-20(28(35-2)29(25)36-3)13-16-27(41(33,38-5)39-6)31-23(30(32)37-4)17-19-11-14-22-21-9-7-8-10-24(21)40-26(22)18-19/h7-12,14-15,18,23,27,31H,13,16-17H2,1-6H3/t23-,27+/m0/s1. The summed E-state index contributed by atoms with van der Waals surface area (Å²) < 4.78 is 52.0. The highest BCUT2D eigenvalue weighted by Crippen LogP contribution is 2.52. The van der Waals surface area contributed by atoms with Crippen LogP contribution in [0.2, 0.25) is 0 Å². The molecule has 0 aliphatic rings. The first-order valence-electron chi connectivity index (χ1n) is 13.0. The van der Waals surface area contributed by atoms with Crippen molar-refractivity contribution in [2.75, 3.05) is 42.7 Å². The highest BCUT2D eigenvalue weighted by molar-refractivity contribution is 7.54. The lowest BCUT2D eigenvalue weighted by molar-refractivity contribution is -0.143. The monoisotopic (exact) mass is 585 g/mol. The summed E-state index contributed by atoms with van der Waals surface area (Å²) in [7, 11) is 4.88. The smallest absolute Gasteiger partial charge is 0.346 e. The van der Waals surface area contributed by atoms with Crippen LogP contribution in [0.1, 0.15) is 17.5 Å². The molecule has 0 fully saturated rings. The van der Waals surface area contributed by atoms with Gasteiger partial charge in [0.1, 0.15) is 23.0 Å². The van der Waals surface area contributed by atoms with Gasteiger partial charge in [0.15, 0.2) is 11.5 Å². The van der Waals surface area contributed by atoms with E-state index in [2.05, 4.69) is 5.32 Å². The summed E-state index contributed by atoms with van der Waals surface area (Å²) in [5.41, 5.74) is 3.13. The zero-order chi connectivity index (χ0) is 29.6. The van der Waals surface area contributed by atoms with Gasteiger partial charge in [0.2, 0.25) is 5.75 Å². The van der Waals surface area contributed by atoms with Gasteiger partial charge in [-0.2, -0.15) is 0 Å². The molecule has 1 aromatic heterocycles. The molecule has 0 bridgehead atoms. The first kappa shape index (κ1) is 30.4. The van der Waals surface area contributed by atoms with Gasteiger partial charge in [-0.25, -0.2) is 0 Å². The van der Waals surface area contributed by atoms with Crippen LogP contribution in [0.15, 0.2) is 59.0 Å². The van der Waals surface area contributed by atoms with E-state index in [1.807, 2.05) is 48.5 Å². The number of carbonyl (C=O) groups is 1. The number of hydrogen-bond acceptors (Lipinski definition) is 10. The van der Waals surface area contributed by atoms with Crippen molar-refractivity contribution in [3.8, 4) is 17.2 Å². The molecular weight excluding hydrogens is 549 g/mol. The van der Waals surface area contributed by atoms with Gasteiger partial charge in [0.05, 0.1) is 28.4 Å². The van der Waals surface area contributed by atoms with Crippen LogP contribution in [0.25, 0.3) is 21.9 Å². The van der Waals surface area contributed by atoms with Crippen molar-refractivity contribution in [2.24, 2.45) is 0 Å². The summed E-state index contributed by atoms with van der Waals surface area (Å²) in [6.07, 6.45) is 0.931. The van der Waals surface area contributed by atoms with E-state index in [-0.39, 0.29) is 12.8 Å². The van der Waals surface area contributed by atoms with E-state index in [0.717, 1.165) is 27.5 Å². The van der Waals surface area contributed by atoms with Crippen molar-refractivity contribution in [3.05, 3.63) is 65.7 Å². The van der Waals surface area contributed by atoms with Crippen LogP contribution in [0, 0.1) is 0 Å². The Hall–Kier alpha value is -3.56. The number of ether oxygens (including phenoxy) is 4. The second-order valence-electron chi connectivity index (χ2n) is 9.33. The number of para-hydroxylation sites is 1. The second-order valence-corrected chi connectivity index (χ2v) is 11.8. The number of aryl methyl sites for hydroxylation is 1. The van der Waals surface area contributed by atoms with E-state index in [1.54, 1.807) is 13.2 Å². The maximum absolute atomic E-state index is 13.7. The van der Waals surface area contributed by atoms with Crippen LogP contribution >= 0.6 is 7.60 Å². The molecule has 11 heteroatoms. The van der Waals surface area contributed by atoms with Crippen LogP contribution in [0.5, 0.6) is 17.2 Å². The molecule has 0 unspecified atom stereocenters. The molecular formula is C30H36NO9P. The van der Waals surface area contributed by atoms with E-state index in [0.29, 0.717) is 29.3 Å². The summed E-state index contributed by atoms with van der Waals surface area (Å²) in [6, 6.07) is 16.4. The fourth-order valence-corrected chi connectivity index (χ4v) is 6.50. The molecule has 0 saturated heterocycles. The third-order valence-corrected chi connectivity index (χ3v) is 9.31. The predicted molar refractivity (Wildman–Crippen MR) is 156 cm³/mol. The molecule has 220 valence electrons. The molecule has 0 aliphatic carbocycles. The summed E-state index contributed by atoms with van der Waals surface area (Å²) >= 11 is 0. The van der Waals surface area contributed by atoms with Crippen LogP contribution in [0.4, 0.5) is 0 Å². The van der Waals surface area contributed by atoms with E-state index < -0.39 is 25.4 Å². The van der Waals surface area contributed by atoms with E-state index in [4.69, 9.17) is 32.4 Å². The van der Waals surface area contributed by atoms with Crippen molar-refractivity contribution in [2.45, 2.75) is 31.1 Å². The first-order valence-corrected chi connectivity index (χ1v) is 14.7. The number of carbonyl (C=O) groups excluding carboxylic acids is 1. The largest absolute Gasteiger partial charge is 0.493 e. The Balaban J connectivity index is 1.62. The average Bonchev–Trinajstić information content (AvgIpc) is 3.38. The van der Waals surface area contributed by atoms with Crippen molar-refractivity contribution in [3.63, 3.8) is 0 Å². The molecule has 4 aromatic rings. The Kier molecular flexibility index (Phi) is 9.94. The van der Waals surface area contributed by atoms with Crippen molar-refractivity contribution >= 4 is 35.5 Å². The topological polar surface area (TPSA) is 115 Å². The Morgan fingerprint density at radius 3 is 2.22 bits per heavy atom. The van der Waals surface area contributed by atoms with Crippen molar-refractivity contribution in [1.29, 1.82) is 0 Å². The minimum Gasteiger partial charge on any atom is -0.493 e. The number of fused-ring (bicyclic) bond motifs is 3. The molecule has 0 amide bonds. The number of hydrogen-bond donors (Lipinski definition) is 1. The molecule has 4 rings (SSSR count). The lowest BCUT2D eigenvalue weighted by Gasteiger charge is -2.29. The number of nitrogens with one attached hydrogen (secondary N) is 1. The minimum absolute atomic E-state index is 0.253. The summed E-state index contributed by atoms with van der Waals surface area (Å²) in [5, 5.41) is 5.21. The molecule has 0 spiro atoms. The highest BCUT2D eigenvalue weighted by Gasteiger charge is 2.37. The number of benzene rings is 3. The van der Waals surface area contributed by atoms with Crippen LogP contribution in [-0.4, -0.2) is 60.5 Å². The Morgan fingerprint density at radius 2 is 1.56 bits per heavy atom. The Labute approximate surface area is 239 Å². The quantitative estimate of drug-likeness (QED) is 0.145. The third kappa shape index (κ3) is 6.36. The fraction of sp³-hybridized carbons (Fsp3) is 0.367. The number of methoxy groups -OCH3 is 4. The fourth-order valence-electron chi connectivity index (χ4n) is 5.03. The van der Waals surface area contributed by atoms with Gasteiger partial charge >= 0.3 is 13.6 Å². The molecule has 1 N–H and O–H groups in total. The molecule has 2 atom stereocenters. The first-order chi connectivity index (χ1) is 19.8. The minimum atomic E-state index is -3.69. The van der Waals surface area contributed by atoms with E-state index >= 15 is 0 Å². The van der Waals surface area contributed by atoms with E-state index in [9.17, 15) is 9.36 Å². The van der Waals surface area contributed by atoms with Crippen LogP contribution in [-0.2, 0) is 36.0 Å². The summed E-state index contributed by atoms with van der Waals surface area (Å²) in [6.45, 7) is 0. The number of rotatable bonds is 14. The highest BCUT2D eigenvalue weighted by atomic mass is 31.2. The zero-order valence-corrected chi connectivity index (χ0v) is 25.0. The van der Waals surface area contributed by atoms with Crippen molar-refractivity contribution in [1.82, 2.24) is 5.32 Å². The Bertz CT molecular complexity index is 1540. The molecule has 3 aromatic carbocycles. The molecule has 10 nitrogen and oxygen atoms in total. The molecule has 41 heavy (non-hydrogen) atoms. The second kappa shape index (κ2) is 13.4. The third-order valence-electron chi connectivity index (χ3n) is 7.13. The van der Waals surface area contributed by atoms with Gasteiger partial charge in [0.25, 0.3) is 0 Å². The van der Waals surface area contributed by atoms with Crippen LogP contribution < -0.4 is 19.5 Å². The molecule has 0 saturated carbocycles.